The summed E-state index contributed by atoms with van der Waals surface area (Å²) < 4.78 is 36.2. The van der Waals surface area contributed by atoms with Crippen molar-refractivity contribution in [2.24, 2.45) is 0 Å². The summed E-state index contributed by atoms with van der Waals surface area (Å²) in [7, 11) is 0. The molecule has 3 nitrogen and oxygen atoms in total. The first-order chi connectivity index (χ1) is 5.95. The van der Waals surface area contributed by atoms with E-state index in [-0.39, 0.29) is 11.4 Å². The molecule has 0 aromatic carbocycles. The van der Waals surface area contributed by atoms with Gasteiger partial charge in [-0.05, 0) is 6.07 Å². The van der Waals surface area contributed by atoms with Crippen LogP contribution in [0, 0.1) is 0 Å². The van der Waals surface area contributed by atoms with E-state index in [9.17, 15) is 13.2 Å². The molecule has 1 aromatic rings. The molecule has 0 saturated heterocycles. The predicted octanol–water partition coefficient (Wildman–Crippen LogP) is 1.17. The number of rotatable bonds is 1. The van der Waals surface area contributed by atoms with Gasteiger partial charge >= 0.3 is 6.18 Å². The van der Waals surface area contributed by atoms with Crippen molar-refractivity contribution in [1.29, 1.82) is 0 Å². The summed E-state index contributed by atoms with van der Waals surface area (Å²) in [5.74, 6) is -0.0875. The lowest BCUT2D eigenvalue weighted by Gasteiger charge is -2.08. The number of hydrogen-bond acceptors (Lipinski definition) is 3. The Balaban J connectivity index is 3.14. The van der Waals surface area contributed by atoms with Gasteiger partial charge in [0.1, 0.15) is 5.82 Å². The lowest BCUT2D eigenvalue weighted by molar-refractivity contribution is -0.137. The third kappa shape index (κ3) is 2.09. The van der Waals surface area contributed by atoms with E-state index in [0.29, 0.717) is 6.20 Å². The summed E-state index contributed by atoms with van der Waals surface area (Å²) in [5, 5.41) is 8.62. The van der Waals surface area contributed by atoms with E-state index >= 15 is 0 Å². The van der Waals surface area contributed by atoms with Crippen LogP contribution < -0.4 is 5.73 Å². The molecule has 1 heterocycles. The predicted molar refractivity (Wildman–Crippen MR) is 39.6 cm³/mol. The second kappa shape index (κ2) is 3.21. The van der Waals surface area contributed by atoms with Gasteiger partial charge in [0.25, 0.3) is 0 Å². The highest BCUT2D eigenvalue weighted by Gasteiger charge is 2.31. The van der Waals surface area contributed by atoms with Crippen molar-refractivity contribution in [1.82, 2.24) is 4.98 Å². The van der Waals surface area contributed by atoms with Gasteiger partial charge in [0.2, 0.25) is 0 Å². The standard InChI is InChI=1S/C7H7F3N2O/c8-7(9,10)5-1-4(3-13)6(11)12-2-5/h1-2,13H,3H2,(H2,11,12). The Hall–Kier alpha value is -1.30. The number of halogens is 3. The van der Waals surface area contributed by atoms with Gasteiger partial charge < -0.3 is 10.8 Å². The van der Waals surface area contributed by atoms with Crippen molar-refractivity contribution in [2.75, 3.05) is 5.73 Å². The van der Waals surface area contributed by atoms with E-state index in [1.165, 1.54) is 0 Å². The number of alkyl halides is 3. The van der Waals surface area contributed by atoms with E-state index in [2.05, 4.69) is 4.98 Å². The maximum atomic E-state index is 12.1. The fraction of sp³-hybridized carbons (Fsp3) is 0.286. The van der Waals surface area contributed by atoms with Crippen LogP contribution in [-0.2, 0) is 12.8 Å². The second-order valence-electron chi connectivity index (χ2n) is 2.42. The normalized spacial score (nSPS) is 11.7. The number of anilines is 1. The minimum atomic E-state index is -4.45. The first kappa shape index (κ1) is 9.79. The van der Waals surface area contributed by atoms with Crippen LogP contribution in [0.15, 0.2) is 12.3 Å². The Morgan fingerprint density at radius 1 is 1.46 bits per heavy atom. The minimum Gasteiger partial charge on any atom is -0.392 e. The highest BCUT2D eigenvalue weighted by Crippen LogP contribution is 2.29. The summed E-state index contributed by atoms with van der Waals surface area (Å²) in [6.07, 6.45) is -3.82. The van der Waals surface area contributed by atoms with Gasteiger partial charge in [0.15, 0.2) is 0 Å². The summed E-state index contributed by atoms with van der Waals surface area (Å²) >= 11 is 0. The van der Waals surface area contributed by atoms with Crippen LogP contribution in [0.5, 0.6) is 0 Å². The molecule has 0 atom stereocenters. The van der Waals surface area contributed by atoms with Gasteiger partial charge in [-0.25, -0.2) is 4.98 Å². The van der Waals surface area contributed by atoms with E-state index < -0.39 is 18.3 Å². The van der Waals surface area contributed by atoms with Crippen LogP contribution in [0.4, 0.5) is 19.0 Å². The number of aromatic nitrogens is 1. The number of hydrogen-bond donors (Lipinski definition) is 2. The van der Waals surface area contributed by atoms with Gasteiger partial charge in [0, 0.05) is 11.8 Å². The number of nitrogen functional groups attached to an aromatic ring is 1. The lowest BCUT2D eigenvalue weighted by atomic mass is 10.2. The summed E-state index contributed by atoms with van der Waals surface area (Å²) in [5.41, 5.74) is 4.27. The Bertz CT molecular complexity index is 311. The SMILES string of the molecule is Nc1ncc(C(F)(F)F)cc1CO. The molecule has 0 aliphatic heterocycles. The second-order valence-corrected chi connectivity index (χ2v) is 2.42. The van der Waals surface area contributed by atoms with Crippen molar-refractivity contribution in [3.63, 3.8) is 0 Å². The maximum absolute atomic E-state index is 12.1. The maximum Gasteiger partial charge on any atom is 0.417 e. The number of aliphatic hydroxyl groups is 1. The largest absolute Gasteiger partial charge is 0.417 e. The quantitative estimate of drug-likeness (QED) is 0.702. The van der Waals surface area contributed by atoms with Gasteiger partial charge in [-0.15, -0.1) is 0 Å². The Morgan fingerprint density at radius 3 is 2.54 bits per heavy atom. The van der Waals surface area contributed by atoms with Crippen molar-refractivity contribution in [2.45, 2.75) is 12.8 Å². The van der Waals surface area contributed by atoms with Gasteiger partial charge in [-0.2, -0.15) is 13.2 Å². The van der Waals surface area contributed by atoms with Crippen LogP contribution >= 0.6 is 0 Å². The van der Waals surface area contributed by atoms with Crippen molar-refractivity contribution in [3.8, 4) is 0 Å². The highest BCUT2D eigenvalue weighted by molar-refractivity contribution is 5.40. The molecule has 0 aliphatic carbocycles. The molecule has 0 aliphatic rings. The molecule has 0 amide bonds. The minimum absolute atomic E-state index is 0.0187. The van der Waals surface area contributed by atoms with Crippen molar-refractivity contribution >= 4 is 5.82 Å². The molecule has 0 fully saturated rings. The molecule has 72 valence electrons. The first-order valence-electron chi connectivity index (χ1n) is 3.37. The molecule has 1 rings (SSSR count). The molecule has 0 saturated carbocycles. The van der Waals surface area contributed by atoms with E-state index in [1.54, 1.807) is 0 Å². The molecule has 1 aromatic heterocycles. The average molecular weight is 192 g/mol. The number of nitrogens with zero attached hydrogens (tertiary/aromatic N) is 1. The Kier molecular flexibility index (Phi) is 2.42. The summed E-state index contributed by atoms with van der Waals surface area (Å²) in [6, 6.07) is 0.780. The molecule has 0 spiro atoms. The molecule has 0 bridgehead atoms. The van der Waals surface area contributed by atoms with Crippen LogP contribution in [0.2, 0.25) is 0 Å². The molecule has 6 heteroatoms. The molecular formula is C7H7F3N2O. The first-order valence-corrected chi connectivity index (χ1v) is 3.37. The summed E-state index contributed by atoms with van der Waals surface area (Å²) in [4.78, 5) is 3.31. The zero-order valence-electron chi connectivity index (χ0n) is 6.47. The molecule has 0 radical (unpaired) electrons. The zero-order valence-corrected chi connectivity index (χ0v) is 6.47. The van der Waals surface area contributed by atoms with Crippen molar-refractivity contribution in [3.05, 3.63) is 23.4 Å². The van der Waals surface area contributed by atoms with Crippen LogP contribution in [-0.4, -0.2) is 10.1 Å². The third-order valence-corrected chi connectivity index (χ3v) is 1.50. The monoisotopic (exact) mass is 192 g/mol. The summed E-state index contributed by atoms with van der Waals surface area (Å²) in [6.45, 7) is -0.553. The van der Waals surface area contributed by atoms with E-state index in [4.69, 9.17) is 10.8 Å². The number of pyridine rings is 1. The topological polar surface area (TPSA) is 59.1 Å². The lowest BCUT2D eigenvalue weighted by Crippen LogP contribution is -2.08. The molecule has 0 unspecified atom stereocenters. The van der Waals surface area contributed by atoms with Gasteiger partial charge in [-0.1, -0.05) is 0 Å². The third-order valence-electron chi connectivity index (χ3n) is 1.50. The average Bonchev–Trinajstić information content (AvgIpc) is 2.03. The van der Waals surface area contributed by atoms with E-state index in [1.807, 2.05) is 0 Å². The van der Waals surface area contributed by atoms with Gasteiger partial charge in [0.05, 0.1) is 12.2 Å². The molecule has 13 heavy (non-hydrogen) atoms. The van der Waals surface area contributed by atoms with Gasteiger partial charge in [-0.3, -0.25) is 0 Å². The molecular weight excluding hydrogens is 185 g/mol. The van der Waals surface area contributed by atoms with Crippen molar-refractivity contribution < 1.29 is 18.3 Å². The zero-order chi connectivity index (χ0) is 10.1. The van der Waals surface area contributed by atoms with Crippen LogP contribution in [0.3, 0.4) is 0 Å². The fourth-order valence-electron chi connectivity index (χ4n) is 0.803. The Morgan fingerprint density at radius 2 is 2.08 bits per heavy atom. The highest BCUT2D eigenvalue weighted by atomic mass is 19.4. The van der Waals surface area contributed by atoms with Crippen LogP contribution in [0.1, 0.15) is 11.1 Å². The van der Waals surface area contributed by atoms with E-state index in [0.717, 1.165) is 6.07 Å². The fourth-order valence-corrected chi connectivity index (χ4v) is 0.803. The number of aliphatic hydroxyl groups excluding tert-OH is 1. The van der Waals surface area contributed by atoms with Crippen LogP contribution in [0.25, 0.3) is 0 Å². The molecule has 3 N–H and O–H groups in total. The Labute approximate surface area is 72.0 Å². The smallest absolute Gasteiger partial charge is 0.392 e. The number of nitrogens with two attached hydrogens (primary N) is 1.